The number of likely N-dealkylation sites (tertiary alicyclic amines) is 1. The number of alkyl halides is 3. The number of benzene rings is 2. The minimum absolute atomic E-state index is 0.121. The molecule has 2 amide bonds. The predicted octanol–water partition coefficient (Wildman–Crippen LogP) is 4.99. The van der Waals surface area contributed by atoms with Gasteiger partial charge in [-0.2, -0.15) is 13.2 Å². The van der Waals surface area contributed by atoms with Gasteiger partial charge in [-0.25, -0.2) is 0 Å². The van der Waals surface area contributed by atoms with Crippen LogP contribution in [0.25, 0.3) is 0 Å². The molecule has 166 valence electrons. The summed E-state index contributed by atoms with van der Waals surface area (Å²) in [4.78, 5) is 27.4. The maximum atomic E-state index is 13.2. The van der Waals surface area contributed by atoms with Gasteiger partial charge in [-0.15, -0.1) is 0 Å². The zero-order chi connectivity index (χ0) is 22.8. The monoisotopic (exact) mass is 452 g/mol. The largest absolute Gasteiger partial charge is 0.416 e. The first-order valence-corrected chi connectivity index (χ1v) is 10.4. The second kappa shape index (κ2) is 9.30. The van der Waals surface area contributed by atoms with Crippen molar-refractivity contribution in [3.05, 3.63) is 70.2 Å². The molecule has 4 nitrogen and oxygen atoms in total. The lowest BCUT2D eigenvalue weighted by atomic mass is 9.87. The van der Waals surface area contributed by atoms with Gasteiger partial charge < -0.3 is 10.2 Å². The molecule has 3 rings (SSSR count). The fourth-order valence-electron chi connectivity index (χ4n) is 3.76. The number of nitrogens with one attached hydrogen (secondary N) is 1. The normalized spacial score (nSPS) is 19.0. The molecular weight excluding hydrogens is 429 g/mol. The van der Waals surface area contributed by atoms with Crippen molar-refractivity contribution in [3.8, 4) is 0 Å². The first-order valence-electron chi connectivity index (χ1n) is 10.1. The molecule has 2 aromatic carbocycles. The Kier molecular flexibility index (Phi) is 6.94. The van der Waals surface area contributed by atoms with E-state index in [1.165, 1.54) is 17.0 Å². The number of rotatable bonds is 5. The van der Waals surface area contributed by atoms with Gasteiger partial charge >= 0.3 is 6.18 Å². The summed E-state index contributed by atoms with van der Waals surface area (Å²) in [5.41, 5.74) is -0.00889. The summed E-state index contributed by atoms with van der Waals surface area (Å²) in [6, 6.07) is 11.5. The molecule has 1 N–H and O–H groups in total. The Labute approximate surface area is 184 Å². The van der Waals surface area contributed by atoms with E-state index in [2.05, 4.69) is 5.32 Å². The third kappa shape index (κ3) is 5.58. The van der Waals surface area contributed by atoms with E-state index in [-0.39, 0.29) is 30.8 Å². The fourth-order valence-corrected chi connectivity index (χ4v) is 3.95. The van der Waals surface area contributed by atoms with Crippen LogP contribution in [-0.2, 0) is 11.0 Å². The van der Waals surface area contributed by atoms with Crippen molar-refractivity contribution in [1.29, 1.82) is 0 Å². The summed E-state index contributed by atoms with van der Waals surface area (Å²) in [6.07, 6.45) is -4.49. The highest BCUT2D eigenvalue weighted by atomic mass is 35.5. The zero-order valence-electron chi connectivity index (χ0n) is 17.2. The first-order chi connectivity index (χ1) is 14.6. The van der Waals surface area contributed by atoms with Crippen LogP contribution in [0.15, 0.2) is 48.5 Å². The smallest absolute Gasteiger partial charge is 0.356 e. The van der Waals surface area contributed by atoms with E-state index < -0.39 is 23.6 Å². The Hall–Kier alpha value is -2.54. The van der Waals surface area contributed by atoms with Gasteiger partial charge in [0, 0.05) is 36.1 Å². The SMILES string of the molecule is CC(C)CNC(=O)C1CN(C(=O)c2cccc(Cl)c2)CC1c1cccc(C(F)(F)F)c1. The summed E-state index contributed by atoms with van der Waals surface area (Å²) in [5, 5.41) is 3.26. The quantitative estimate of drug-likeness (QED) is 0.695. The molecule has 0 aliphatic carbocycles. The fraction of sp³-hybridized carbons (Fsp3) is 0.391. The topological polar surface area (TPSA) is 49.4 Å². The van der Waals surface area contributed by atoms with Crippen LogP contribution < -0.4 is 5.32 Å². The maximum absolute atomic E-state index is 13.2. The van der Waals surface area contributed by atoms with Crippen molar-refractivity contribution in [2.24, 2.45) is 11.8 Å². The van der Waals surface area contributed by atoms with Crippen LogP contribution in [0.4, 0.5) is 13.2 Å². The minimum Gasteiger partial charge on any atom is -0.356 e. The number of nitrogens with zero attached hydrogens (tertiary/aromatic N) is 1. The molecule has 1 saturated heterocycles. The summed E-state index contributed by atoms with van der Waals surface area (Å²) < 4.78 is 39.7. The third-order valence-corrected chi connectivity index (χ3v) is 5.58. The van der Waals surface area contributed by atoms with E-state index in [1.54, 1.807) is 24.3 Å². The van der Waals surface area contributed by atoms with Crippen LogP contribution in [0.3, 0.4) is 0 Å². The van der Waals surface area contributed by atoms with Gasteiger partial charge in [0.15, 0.2) is 0 Å². The molecule has 1 aliphatic rings. The summed E-state index contributed by atoms with van der Waals surface area (Å²) in [7, 11) is 0. The van der Waals surface area contributed by atoms with E-state index in [1.807, 2.05) is 13.8 Å². The van der Waals surface area contributed by atoms with Crippen LogP contribution in [0.1, 0.15) is 41.3 Å². The van der Waals surface area contributed by atoms with Crippen molar-refractivity contribution >= 4 is 23.4 Å². The van der Waals surface area contributed by atoms with Gasteiger partial charge in [-0.3, -0.25) is 9.59 Å². The van der Waals surface area contributed by atoms with Crippen molar-refractivity contribution in [2.75, 3.05) is 19.6 Å². The second-order valence-corrected chi connectivity index (χ2v) is 8.63. The second-order valence-electron chi connectivity index (χ2n) is 8.20. The summed E-state index contributed by atoms with van der Waals surface area (Å²) in [6.45, 7) is 4.62. The maximum Gasteiger partial charge on any atom is 0.416 e. The molecule has 0 spiro atoms. The van der Waals surface area contributed by atoms with Gasteiger partial charge in [0.25, 0.3) is 5.91 Å². The Morgan fingerprint density at radius 3 is 2.48 bits per heavy atom. The van der Waals surface area contributed by atoms with Crippen molar-refractivity contribution in [3.63, 3.8) is 0 Å². The van der Waals surface area contributed by atoms with Gasteiger partial charge in [-0.05, 0) is 35.7 Å². The molecule has 2 atom stereocenters. The lowest BCUT2D eigenvalue weighted by Crippen LogP contribution is -2.37. The molecule has 0 saturated carbocycles. The molecule has 1 heterocycles. The van der Waals surface area contributed by atoms with Gasteiger partial charge in [-0.1, -0.05) is 49.7 Å². The van der Waals surface area contributed by atoms with E-state index in [0.29, 0.717) is 22.7 Å². The van der Waals surface area contributed by atoms with Gasteiger partial charge in [0.2, 0.25) is 5.91 Å². The Balaban J connectivity index is 1.90. The van der Waals surface area contributed by atoms with Crippen LogP contribution >= 0.6 is 11.6 Å². The highest BCUT2D eigenvalue weighted by Crippen LogP contribution is 2.37. The van der Waals surface area contributed by atoms with E-state index in [0.717, 1.165) is 12.1 Å². The highest BCUT2D eigenvalue weighted by Gasteiger charge is 2.41. The van der Waals surface area contributed by atoms with Crippen LogP contribution in [0, 0.1) is 11.8 Å². The number of carbonyl (C=O) groups is 2. The number of carbonyl (C=O) groups excluding carboxylic acids is 2. The summed E-state index contributed by atoms with van der Waals surface area (Å²) in [5.74, 6) is -1.54. The standard InChI is InChI=1S/C23H24ClF3N2O2/c1-14(2)11-28-21(30)20-13-29(22(31)16-6-4-8-18(24)10-16)12-19(20)15-5-3-7-17(9-15)23(25,26)27/h3-10,14,19-20H,11-13H2,1-2H3,(H,28,30). The molecule has 31 heavy (non-hydrogen) atoms. The zero-order valence-corrected chi connectivity index (χ0v) is 18.0. The molecule has 1 fully saturated rings. The third-order valence-electron chi connectivity index (χ3n) is 5.34. The first kappa shape index (κ1) is 23.1. The molecule has 2 aromatic rings. The number of halogens is 4. The summed E-state index contributed by atoms with van der Waals surface area (Å²) >= 11 is 5.99. The molecule has 0 aromatic heterocycles. The van der Waals surface area contributed by atoms with Gasteiger partial charge in [0.05, 0.1) is 11.5 Å². The predicted molar refractivity (Wildman–Crippen MR) is 113 cm³/mol. The van der Waals surface area contributed by atoms with Crippen molar-refractivity contribution in [1.82, 2.24) is 10.2 Å². The van der Waals surface area contributed by atoms with Gasteiger partial charge in [0.1, 0.15) is 0 Å². The lowest BCUT2D eigenvalue weighted by molar-refractivity contribution is -0.137. The van der Waals surface area contributed by atoms with Crippen LogP contribution in [0.2, 0.25) is 5.02 Å². The van der Waals surface area contributed by atoms with Crippen LogP contribution in [-0.4, -0.2) is 36.3 Å². The lowest BCUT2D eigenvalue weighted by Gasteiger charge is -2.20. The molecule has 8 heteroatoms. The van der Waals surface area contributed by atoms with E-state index in [4.69, 9.17) is 11.6 Å². The van der Waals surface area contributed by atoms with Crippen molar-refractivity contribution in [2.45, 2.75) is 25.9 Å². The molecule has 1 aliphatic heterocycles. The van der Waals surface area contributed by atoms with E-state index >= 15 is 0 Å². The minimum atomic E-state index is -4.49. The Morgan fingerprint density at radius 1 is 1.13 bits per heavy atom. The average molecular weight is 453 g/mol. The highest BCUT2D eigenvalue weighted by molar-refractivity contribution is 6.30. The van der Waals surface area contributed by atoms with Crippen molar-refractivity contribution < 1.29 is 22.8 Å². The number of hydrogen-bond donors (Lipinski definition) is 1. The average Bonchev–Trinajstić information content (AvgIpc) is 3.16. The molecule has 2 unspecified atom stereocenters. The molecule has 0 bridgehead atoms. The Morgan fingerprint density at radius 2 is 1.84 bits per heavy atom. The van der Waals surface area contributed by atoms with Crippen LogP contribution in [0.5, 0.6) is 0 Å². The Bertz CT molecular complexity index is 962. The number of amides is 2. The van der Waals surface area contributed by atoms with E-state index in [9.17, 15) is 22.8 Å². The molecular formula is C23H24ClF3N2O2. The molecule has 0 radical (unpaired) electrons. The number of hydrogen-bond acceptors (Lipinski definition) is 2.